The summed E-state index contributed by atoms with van der Waals surface area (Å²) in [7, 11) is 0. The minimum Gasteiger partial charge on any atom is -0.378 e. The number of hydrogen-bond donors (Lipinski definition) is 1. The van der Waals surface area contributed by atoms with Crippen LogP contribution >= 0.6 is 0 Å². The number of anilines is 1. The van der Waals surface area contributed by atoms with Gasteiger partial charge in [0.2, 0.25) is 0 Å². The van der Waals surface area contributed by atoms with Crippen molar-refractivity contribution in [2.24, 2.45) is 5.92 Å². The third kappa shape index (κ3) is 5.14. The second kappa shape index (κ2) is 9.13. The lowest BCUT2D eigenvalue weighted by Crippen LogP contribution is -2.38. The number of rotatable bonds is 6. The van der Waals surface area contributed by atoms with Crippen molar-refractivity contribution in [3.8, 4) is 0 Å². The second-order valence-electron chi connectivity index (χ2n) is 7.16. The first kappa shape index (κ1) is 18.1. The number of ether oxygens (including phenoxy) is 1. The number of hydrogen-bond acceptors (Lipinski definition) is 5. The molecular weight excluding hydrogens is 316 g/mol. The highest BCUT2D eigenvalue weighted by Gasteiger charge is 2.23. The van der Waals surface area contributed by atoms with Gasteiger partial charge in [0.1, 0.15) is 0 Å². The van der Waals surface area contributed by atoms with Crippen molar-refractivity contribution in [3.05, 3.63) is 17.8 Å². The maximum Gasteiger partial charge on any atom is 0.271 e. The zero-order valence-electron chi connectivity index (χ0n) is 15.2. The number of nitrogens with zero attached hydrogens (tertiary/aromatic N) is 3. The van der Waals surface area contributed by atoms with Gasteiger partial charge < -0.3 is 15.0 Å². The highest BCUT2D eigenvalue weighted by atomic mass is 16.5. The molecule has 6 heteroatoms. The molecule has 2 fully saturated rings. The van der Waals surface area contributed by atoms with Gasteiger partial charge in [-0.2, -0.15) is 0 Å². The van der Waals surface area contributed by atoms with Crippen LogP contribution in [0.25, 0.3) is 0 Å². The van der Waals surface area contributed by atoms with Crippen LogP contribution in [0, 0.1) is 5.92 Å². The van der Waals surface area contributed by atoms with Gasteiger partial charge in [0, 0.05) is 26.2 Å². The molecule has 25 heavy (non-hydrogen) atoms. The summed E-state index contributed by atoms with van der Waals surface area (Å²) in [6.45, 7) is 5.29. The van der Waals surface area contributed by atoms with E-state index in [1.807, 2.05) is 13.0 Å². The third-order valence-electron chi connectivity index (χ3n) is 5.28. The number of nitrogens with one attached hydrogen (secondary N) is 1. The number of carbonyl (C=O) groups excluding carboxylic acids is 1. The third-order valence-corrected chi connectivity index (χ3v) is 5.28. The largest absolute Gasteiger partial charge is 0.378 e. The van der Waals surface area contributed by atoms with Crippen LogP contribution in [0.1, 0.15) is 62.4 Å². The Labute approximate surface area is 150 Å². The SMILES string of the molecule is CCNC(=O)c1ccc(N2CCC(OCC3CCCCC3)CC2)nn1. The first-order chi connectivity index (χ1) is 12.3. The molecule has 1 N–H and O–H groups in total. The van der Waals surface area contributed by atoms with Crippen LogP contribution in [-0.2, 0) is 4.74 Å². The van der Waals surface area contributed by atoms with Gasteiger partial charge in [0.25, 0.3) is 5.91 Å². The molecule has 0 atom stereocenters. The van der Waals surface area contributed by atoms with Gasteiger partial charge in [-0.15, -0.1) is 10.2 Å². The van der Waals surface area contributed by atoms with Gasteiger partial charge >= 0.3 is 0 Å². The molecule has 138 valence electrons. The van der Waals surface area contributed by atoms with E-state index < -0.39 is 0 Å². The van der Waals surface area contributed by atoms with Crippen molar-refractivity contribution in [1.82, 2.24) is 15.5 Å². The smallest absolute Gasteiger partial charge is 0.271 e. The van der Waals surface area contributed by atoms with Crippen LogP contribution < -0.4 is 10.2 Å². The standard InChI is InChI=1S/C19H30N4O2/c1-2-20-19(24)17-8-9-18(22-21-17)23-12-10-16(11-13-23)25-14-15-6-4-3-5-7-15/h8-9,15-16H,2-7,10-14H2,1H3,(H,20,24). The Morgan fingerprint density at radius 3 is 2.56 bits per heavy atom. The Hall–Kier alpha value is -1.69. The summed E-state index contributed by atoms with van der Waals surface area (Å²) in [5.41, 5.74) is 0.372. The van der Waals surface area contributed by atoms with E-state index in [2.05, 4.69) is 20.4 Å². The van der Waals surface area contributed by atoms with Crippen molar-refractivity contribution >= 4 is 11.7 Å². The summed E-state index contributed by atoms with van der Waals surface area (Å²) in [5.74, 6) is 1.45. The minimum absolute atomic E-state index is 0.170. The molecule has 0 radical (unpaired) electrons. The van der Waals surface area contributed by atoms with Crippen molar-refractivity contribution in [1.29, 1.82) is 0 Å². The normalized spacial score (nSPS) is 19.8. The van der Waals surface area contributed by atoms with Gasteiger partial charge in [0.05, 0.1) is 6.10 Å². The number of amides is 1. The van der Waals surface area contributed by atoms with E-state index in [4.69, 9.17) is 4.74 Å². The molecular formula is C19H30N4O2. The predicted octanol–water partition coefficient (Wildman–Crippen LogP) is 2.79. The number of carbonyl (C=O) groups is 1. The van der Waals surface area contributed by atoms with E-state index in [9.17, 15) is 4.79 Å². The van der Waals surface area contributed by atoms with Gasteiger partial charge in [-0.25, -0.2) is 0 Å². The van der Waals surface area contributed by atoms with E-state index in [1.54, 1.807) is 6.07 Å². The summed E-state index contributed by atoms with van der Waals surface area (Å²) < 4.78 is 6.17. The van der Waals surface area contributed by atoms with Crippen molar-refractivity contribution in [2.75, 3.05) is 31.1 Å². The summed E-state index contributed by atoms with van der Waals surface area (Å²) in [5, 5.41) is 11.0. The fourth-order valence-corrected chi connectivity index (χ4v) is 3.74. The quantitative estimate of drug-likeness (QED) is 0.858. The molecule has 2 heterocycles. The van der Waals surface area contributed by atoms with Crippen LogP contribution in [0.15, 0.2) is 12.1 Å². The molecule has 1 amide bonds. The molecule has 0 unspecified atom stereocenters. The van der Waals surface area contributed by atoms with Crippen LogP contribution in [0.3, 0.4) is 0 Å². The Morgan fingerprint density at radius 2 is 1.92 bits per heavy atom. The van der Waals surface area contributed by atoms with E-state index in [1.165, 1.54) is 32.1 Å². The lowest BCUT2D eigenvalue weighted by atomic mass is 9.90. The van der Waals surface area contributed by atoms with Gasteiger partial charge in [-0.05, 0) is 50.7 Å². The van der Waals surface area contributed by atoms with Gasteiger partial charge in [-0.3, -0.25) is 4.79 Å². The fourth-order valence-electron chi connectivity index (χ4n) is 3.74. The Kier molecular flexibility index (Phi) is 6.62. The predicted molar refractivity (Wildman–Crippen MR) is 97.8 cm³/mol. The molecule has 1 aliphatic heterocycles. The summed E-state index contributed by atoms with van der Waals surface area (Å²) in [6, 6.07) is 3.64. The van der Waals surface area contributed by atoms with E-state index in [0.29, 0.717) is 18.3 Å². The zero-order valence-corrected chi connectivity index (χ0v) is 15.2. The van der Waals surface area contributed by atoms with Gasteiger partial charge in [-0.1, -0.05) is 19.3 Å². The van der Waals surface area contributed by atoms with Crippen molar-refractivity contribution in [3.63, 3.8) is 0 Å². The highest BCUT2D eigenvalue weighted by molar-refractivity contribution is 5.92. The number of piperidine rings is 1. The summed E-state index contributed by atoms with van der Waals surface area (Å²) in [4.78, 5) is 14.0. The molecule has 1 aliphatic carbocycles. The Bertz CT molecular complexity index is 535. The molecule has 0 spiro atoms. The lowest BCUT2D eigenvalue weighted by Gasteiger charge is -2.33. The average molecular weight is 346 g/mol. The summed E-state index contributed by atoms with van der Waals surface area (Å²) >= 11 is 0. The molecule has 1 aromatic heterocycles. The minimum atomic E-state index is -0.170. The molecule has 1 saturated heterocycles. The molecule has 3 rings (SSSR count). The highest BCUT2D eigenvalue weighted by Crippen LogP contribution is 2.25. The Balaban J connectivity index is 1.43. The molecule has 0 aromatic carbocycles. The maximum atomic E-state index is 11.7. The van der Waals surface area contributed by atoms with Crippen LogP contribution in [0.2, 0.25) is 0 Å². The molecule has 6 nitrogen and oxygen atoms in total. The van der Waals surface area contributed by atoms with Crippen LogP contribution in [0.5, 0.6) is 0 Å². The summed E-state index contributed by atoms with van der Waals surface area (Å²) in [6.07, 6.45) is 9.27. The van der Waals surface area contributed by atoms with Crippen LogP contribution in [0.4, 0.5) is 5.82 Å². The first-order valence-corrected chi connectivity index (χ1v) is 9.74. The molecule has 0 bridgehead atoms. The lowest BCUT2D eigenvalue weighted by molar-refractivity contribution is 0.00802. The molecule has 2 aliphatic rings. The van der Waals surface area contributed by atoms with Crippen molar-refractivity contribution < 1.29 is 9.53 Å². The molecule has 1 aromatic rings. The van der Waals surface area contributed by atoms with Crippen LogP contribution in [-0.4, -0.2) is 48.4 Å². The zero-order chi connectivity index (χ0) is 17.5. The first-order valence-electron chi connectivity index (χ1n) is 9.74. The van der Waals surface area contributed by atoms with Gasteiger partial charge in [0.15, 0.2) is 11.5 Å². The number of aromatic nitrogens is 2. The average Bonchev–Trinajstić information content (AvgIpc) is 2.68. The Morgan fingerprint density at radius 1 is 1.16 bits per heavy atom. The van der Waals surface area contributed by atoms with Crippen molar-refractivity contribution in [2.45, 2.75) is 58.0 Å². The van der Waals surface area contributed by atoms with E-state index >= 15 is 0 Å². The van der Waals surface area contributed by atoms with E-state index in [-0.39, 0.29) is 5.91 Å². The molecule has 1 saturated carbocycles. The van der Waals surface area contributed by atoms with E-state index in [0.717, 1.165) is 44.3 Å². The second-order valence-corrected chi connectivity index (χ2v) is 7.16. The monoisotopic (exact) mass is 346 g/mol. The topological polar surface area (TPSA) is 67.4 Å². The maximum absolute atomic E-state index is 11.7. The fraction of sp³-hybridized carbons (Fsp3) is 0.737.